The Morgan fingerprint density at radius 3 is 2.19 bits per heavy atom. The molecule has 88 valence electrons. The van der Waals surface area contributed by atoms with Gasteiger partial charge in [0, 0.05) is 5.54 Å². The van der Waals surface area contributed by atoms with Crippen molar-refractivity contribution >= 4 is 0 Å². The maximum atomic E-state index is 5.40. The highest BCUT2D eigenvalue weighted by molar-refractivity contribution is 5.50. The van der Waals surface area contributed by atoms with Crippen LogP contribution in [-0.4, -0.2) is 24.0 Å². The Balaban J connectivity index is 3.10. The lowest BCUT2D eigenvalue weighted by molar-refractivity contribution is 0.218. The molecular weight excluding hydrogens is 194 g/mol. The molecule has 1 aliphatic rings. The lowest BCUT2D eigenvalue weighted by atomic mass is 9.86. The number of rotatable bonds is 3. The van der Waals surface area contributed by atoms with Gasteiger partial charge in [-0.05, 0) is 59.2 Å². The molecule has 16 heavy (non-hydrogen) atoms. The van der Waals surface area contributed by atoms with Gasteiger partial charge < -0.3 is 0 Å². The Morgan fingerprint density at radius 1 is 1.25 bits per heavy atom. The normalized spacial score (nSPS) is 17.4. The van der Waals surface area contributed by atoms with Crippen LogP contribution in [0.4, 0.5) is 0 Å². The predicted octanol–water partition coefficient (Wildman–Crippen LogP) is 3.39. The van der Waals surface area contributed by atoms with Gasteiger partial charge in [0.25, 0.3) is 0 Å². The van der Waals surface area contributed by atoms with E-state index in [2.05, 4.69) is 52.5 Å². The van der Waals surface area contributed by atoms with Crippen LogP contribution in [0.3, 0.4) is 0 Å². The highest BCUT2D eigenvalue weighted by atomic mass is 15.2. The van der Waals surface area contributed by atoms with Crippen LogP contribution in [-0.2, 0) is 0 Å². The number of nitrogens with zero attached hydrogens (tertiary/aromatic N) is 1. The van der Waals surface area contributed by atoms with E-state index in [0.717, 1.165) is 6.42 Å². The zero-order chi connectivity index (χ0) is 12.5. The standard InChI is InChI=1S/C15H23N/c1-8-9-16(7)15(5,6)14-12(3)10-11(2)13(14)4/h1H,9-10H2,2-7H3. The third-order valence-corrected chi connectivity index (χ3v) is 3.87. The van der Waals surface area contributed by atoms with Crippen LogP contribution >= 0.6 is 0 Å². The monoisotopic (exact) mass is 217 g/mol. The highest BCUT2D eigenvalue weighted by Gasteiger charge is 2.33. The molecule has 0 saturated heterocycles. The molecule has 0 saturated carbocycles. The maximum absolute atomic E-state index is 5.40. The smallest absolute Gasteiger partial charge is 0.0603 e. The molecule has 0 aromatic heterocycles. The van der Waals surface area contributed by atoms with Crippen LogP contribution in [0.5, 0.6) is 0 Å². The van der Waals surface area contributed by atoms with E-state index < -0.39 is 0 Å². The van der Waals surface area contributed by atoms with E-state index in [1.165, 1.54) is 22.3 Å². The van der Waals surface area contributed by atoms with E-state index in [9.17, 15) is 0 Å². The van der Waals surface area contributed by atoms with Crippen LogP contribution in [0.25, 0.3) is 0 Å². The summed E-state index contributed by atoms with van der Waals surface area (Å²) < 4.78 is 0. The summed E-state index contributed by atoms with van der Waals surface area (Å²) >= 11 is 0. The molecule has 1 heteroatoms. The zero-order valence-corrected chi connectivity index (χ0v) is 11.4. The second kappa shape index (κ2) is 4.47. The van der Waals surface area contributed by atoms with E-state index in [1.54, 1.807) is 0 Å². The average Bonchev–Trinajstić information content (AvgIpc) is 2.41. The lowest BCUT2D eigenvalue weighted by Crippen LogP contribution is -2.43. The summed E-state index contributed by atoms with van der Waals surface area (Å²) in [7, 11) is 2.10. The molecule has 0 unspecified atom stereocenters. The third kappa shape index (κ3) is 2.08. The number of likely N-dealkylation sites (N-methyl/N-ethyl adjacent to an activating group) is 1. The van der Waals surface area contributed by atoms with E-state index >= 15 is 0 Å². The molecule has 0 spiro atoms. The largest absolute Gasteiger partial charge is 0.286 e. The summed E-state index contributed by atoms with van der Waals surface area (Å²) in [5.41, 5.74) is 5.94. The molecule has 0 radical (unpaired) electrons. The fourth-order valence-corrected chi connectivity index (χ4v) is 2.66. The Bertz CT molecular complexity index is 388. The minimum atomic E-state index is 0.0261. The first-order valence-corrected chi connectivity index (χ1v) is 5.84. The highest BCUT2D eigenvalue weighted by Crippen LogP contribution is 2.40. The Labute approximate surface area is 100 Å². The summed E-state index contributed by atoms with van der Waals surface area (Å²) in [6.07, 6.45) is 6.52. The average molecular weight is 217 g/mol. The van der Waals surface area contributed by atoms with Gasteiger partial charge in [-0.2, -0.15) is 0 Å². The summed E-state index contributed by atoms with van der Waals surface area (Å²) in [4.78, 5) is 2.24. The molecular formula is C15H23N. The molecule has 0 aromatic rings. The van der Waals surface area contributed by atoms with Gasteiger partial charge in [-0.15, -0.1) is 6.42 Å². The topological polar surface area (TPSA) is 3.24 Å². The second-order valence-corrected chi connectivity index (χ2v) is 5.36. The number of hydrogen-bond acceptors (Lipinski definition) is 1. The molecule has 0 bridgehead atoms. The van der Waals surface area contributed by atoms with Crippen LogP contribution < -0.4 is 0 Å². The van der Waals surface area contributed by atoms with Crippen molar-refractivity contribution in [3.63, 3.8) is 0 Å². The van der Waals surface area contributed by atoms with Crippen molar-refractivity contribution in [1.29, 1.82) is 0 Å². The molecule has 0 aromatic carbocycles. The van der Waals surface area contributed by atoms with E-state index in [0.29, 0.717) is 6.54 Å². The van der Waals surface area contributed by atoms with Gasteiger partial charge in [0.15, 0.2) is 0 Å². The van der Waals surface area contributed by atoms with Crippen LogP contribution in [0.2, 0.25) is 0 Å². The van der Waals surface area contributed by atoms with Gasteiger partial charge in [0.2, 0.25) is 0 Å². The fourth-order valence-electron chi connectivity index (χ4n) is 2.66. The first kappa shape index (κ1) is 13.1. The van der Waals surface area contributed by atoms with Gasteiger partial charge in [-0.1, -0.05) is 17.1 Å². The molecule has 1 rings (SSSR count). The van der Waals surface area contributed by atoms with Crippen molar-refractivity contribution in [2.75, 3.05) is 13.6 Å². The fraction of sp³-hybridized carbons (Fsp3) is 0.600. The lowest BCUT2D eigenvalue weighted by Gasteiger charge is -2.37. The SMILES string of the molecule is C#CCN(C)C(C)(C)C1=C(C)CC(C)=C1C. The number of hydrogen-bond donors (Lipinski definition) is 0. The first-order valence-electron chi connectivity index (χ1n) is 5.84. The van der Waals surface area contributed by atoms with Gasteiger partial charge in [-0.25, -0.2) is 0 Å². The second-order valence-electron chi connectivity index (χ2n) is 5.36. The molecule has 0 N–H and O–H groups in total. The Hall–Kier alpha value is -1.00. The third-order valence-electron chi connectivity index (χ3n) is 3.87. The van der Waals surface area contributed by atoms with Crippen molar-refractivity contribution in [2.24, 2.45) is 0 Å². The Kier molecular flexibility index (Phi) is 3.65. The first-order chi connectivity index (χ1) is 7.32. The molecule has 0 atom stereocenters. The molecule has 1 nitrogen and oxygen atoms in total. The summed E-state index contributed by atoms with van der Waals surface area (Å²) in [6.45, 7) is 11.9. The molecule has 0 aliphatic heterocycles. The van der Waals surface area contributed by atoms with Crippen molar-refractivity contribution in [3.05, 3.63) is 22.3 Å². The quantitative estimate of drug-likeness (QED) is 0.655. The van der Waals surface area contributed by atoms with Crippen LogP contribution in [0.15, 0.2) is 22.3 Å². The van der Waals surface area contributed by atoms with Crippen molar-refractivity contribution in [3.8, 4) is 12.3 Å². The molecule has 0 fully saturated rings. The van der Waals surface area contributed by atoms with Gasteiger partial charge >= 0.3 is 0 Å². The predicted molar refractivity (Wildman–Crippen MR) is 71.2 cm³/mol. The number of allylic oxidation sites excluding steroid dienone is 2. The maximum Gasteiger partial charge on any atom is 0.0603 e. The molecule has 1 aliphatic carbocycles. The Morgan fingerprint density at radius 2 is 1.81 bits per heavy atom. The summed E-state index contributed by atoms with van der Waals surface area (Å²) in [5, 5.41) is 0. The summed E-state index contributed by atoms with van der Waals surface area (Å²) in [5.74, 6) is 2.73. The zero-order valence-electron chi connectivity index (χ0n) is 11.4. The van der Waals surface area contributed by atoms with Crippen molar-refractivity contribution in [1.82, 2.24) is 4.90 Å². The minimum absolute atomic E-state index is 0.0261. The van der Waals surface area contributed by atoms with E-state index in [4.69, 9.17) is 6.42 Å². The van der Waals surface area contributed by atoms with E-state index in [1.807, 2.05) is 0 Å². The van der Waals surface area contributed by atoms with Gasteiger partial charge in [-0.3, -0.25) is 4.90 Å². The molecule has 0 heterocycles. The van der Waals surface area contributed by atoms with Crippen LogP contribution in [0, 0.1) is 12.3 Å². The van der Waals surface area contributed by atoms with Gasteiger partial charge in [0.1, 0.15) is 0 Å². The van der Waals surface area contributed by atoms with E-state index in [-0.39, 0.29) is 5.54 Å². The van der Waals surface area contributed by atoms with Crippen molar-refractivity contribution < 1.29 is 0 Å². The molecule has 0 amide bonds. The summed E-state index contributed by atoms with van der Waals surface area (Å²) in [6, 6.07) is 0. The minimum Gasteiger partial charge on any atom is -0.286 e. The van der Waals surface area contributed by atoms with Crippen molar-refractivity contribution in [2.45, 2.75) is 46.6 Å². The number of terminal acetylenes is 1. The van der Waals surface area contributed by atoms with Crippen LogP contribution in [0.1, 0.15) is 41.0 Å². The van der Waals surface area contributed by atoms with Gasteiger partial charge in [0.05, 0.1) is 6.54 Å².